The number of rotatable bonds is 10. The molecule has 2 rings (SSSR count). The number of methoxy groups -OCH3 is 2. The Hall–Kier alpha value is -2.96. The largest absolute Gasteiger partial charge is 0.493 e. The first kappa shape index (κ1) is 25.3. The molecule has 0 saturated heterocycles. The molecule has 0 aliphatic heterocycles. The number of carbonyl (C=O) groups is 2. The van der Waals surface area contributed by atoms with E-state index in [4.69, 9.17) is 13.9 Å². The molecule has 1 heterocycles. The molecule has 2 aromatic rings. The van der Waals surface area contributed by atoms with E-state index in [1.54, 1.807) is 36.3 Å². The molecule has 0 aliphatic carbocycles. The Morgan fingerprint density at radius 2 is 1.75 bits per heavy atom. The van der Waals surface area contributed by atoms with Crippen molar-refractivity contribution in [3.8, 4) is 11.5 Å². The molecule has 1 aromatic heterocycles. The Balaban J connectivity index is 2.19. The molecule has 0 N–H and O–H groups in total. The second-order valence-electron chi connectivity index (χ2n) is 9.11. The SMILES string of the molecule is COc1ccc(CCN(Cc2ccco2)C(=O)CN(C(=O)C(C)(C)C)C(C)C)cc1OC. The van der Waals surface area contributed by atoms with Crippen LogP contribution in [0.4, 0.5) is 0 Å². The van der Waals surface area contributed by atoms with E-state index in [-0.39, 0.29) is 24.4 Å². The lowest BCUT2D eigenvalue weighted by Crippen LogP contribution is -2.49. The Kier molecular flexibility index (Phi) is 8.75. The number of nitrogens with zero attached hydrogens (tertiary/aromatic N) is 2. The van der Waals surface area contributed by atoms with Gasteiger partial charge in [-0.05, 0) is 50.1 Å². The molecule has 7 nitrogen and oxygen atoms in total. The van der Waals surface area contributed by atoms with Crippen LogP contribution in [0.5, 0.6) is 11.5 Å². The molecule has 0 fully saturated rings. The van der Waals surface area contributed by atoms with Crippen LogP contribution >= 0.6 is 0 Å². The van der Waals surface area contributed by atoms with E-state index < -0.39 is 5.41 Å². The minimum Gasteiger partial charge on any atom is -0.493 e. The standard InChI is InChI=1S/C25H36N2O5/c1-18(2)27(24(29)25(3,4)5)17-23(28)26(16-20-9-8-14-32-20)13-12-19-10-11-21(30-6)22(15-19)31-7/h8-11,14-15,18H,12-13,16-17H2,1-7H3. The number of furan rings is 1. The van der Waals surface area contributed by atoms with Gasteiger partial charge in [-0.1, -0.05) is 26.8 Å². The highest BCUT2D eigenvalue weighted by atomic mass is 16.5. The van der Waals surface area contributed by atoms with Crippen molar-refractivity contribution in [3.05, 3.63) is 47.9 Å². The Labute approximate surface area is 191 Å². The predicted molar refractivity (Wildman–Crippen MR) is 124 cm³/mol. The number of hydrogen-bond donors (Lipinski definition) is 0. The Morgan fingerprint density at radius 3 is 2.28 bits per heavy atom. The zero-order chi connectivity index (χ0) is 23.9. The average molecular weight is 445 g/mol. The molecule has 0 atom stereocenters. The normalized spacial score (nSPS) is 11.4. The minimum absolute atomic E-state index is 0.0282. The zero-order valence-corrected chi connectivity index (χ0v) is 20.3. The molecule has 1 aromatic carbocycles. The molecule has 0 spiro atoms. The lowest BCUT2D eigenvalue weighted by atomic mass is 9.94. The summed E-state index contributed by atoms with van der Waals surface area (Å²) in [5, 5.41) is 0. The van der Waals surface area contributed by atoms with Crippen molar-refractivity contribution < 1.29 is 23.5 Å². The van der Waals surface area contributed by atoms with E-state index in [1.165, 1.54) is 0 Å². The van der Waals surface area contributed by atoms with Gasteiger partial charge >= 0.3 is 0 Å². The maximum Gasteiger partial charge on any atom is 0.242 e. The Bertz CT molecular complexity index is 884. The van der Waals surface area contributed by atoms with Crippen molar-refractivity contribution in [2.24, 2.45) is 5.41 Å². The van der Waals surface area contributed by atoms with Gasteiger partial charge in [-0.15, -0.1) is 0 Å². The third-order valence-electron chi connectivity index (χ3n) is 5.23. The summed E-state index contributed by atoms with van der Waals surface area (Å²) in [4.78, 5) is 29.6. The first-order valence-corrected chi connectivity index (χ1v) is 10.9. The second-order valence-corrected chi connectivity index (χ2v) is 9.11. The summed E-state index contributed by atoms with van der Waals surface area (Å²) in [6, 6.07) is 9.29. The van der Waals surface area contributed by atoms with Crippen molar-refractivity contribution >= 4 is 11.8 Å². The summed E-state index contributed by atoms with van der Waals surface area (Å²) in [6.45, 7) is 10.3. The number of carbonyl (C=O) groups excluding carboxylic acids is 2. The Morgan fingerprint density at radius 1 is 1.06 bits per heavy atom. The molecule has 0 radical (unpaired) electrons. The summed E-state index contributed by atoms with van der Waals surface area (Å²) >= 11 is 0. The van der Waals surface area contributed by atoms with Crippen LogP contribution < -0.4 is 9.47 Å². The van der Waals surface area contributed by atoms with Crippen LogP contribution in [-0.4, -0.2) is 55.0 Å². The van der Waals surface area contributed by atoms with Gasteiger partial charge in [0.1, 0.15) is 12.3 Å². The van der Waals surface area contributed by atoms with Gasteiger partial charge in [0.15, 0.2) is 11.5 Å². The third-order valence-corrected chi connectivity index (χ3v) is 5.23. The summed E-state index contributed by atoms with van der Waals surface area (Å²) in [6.07, 6.45) is 2.22. The van der Waals surface area contributed by atoms with Gasteiger partial charge in [-0.2, -0.15) is 0 Å². The molecule has 0 saturated carbocycles. The first-order valence-electron chi connectivity index (χ1n) is 10.9. The van der Waals surface area contributed by atoms with Crippen LogP contribution in [0.25, 0.3) is 0 Å². The van der Waals surface area contributed by atoms with Crippen molar-refractivity contribution in [2.45, 2.75) is 53.6 Å². The topological polar surface area (TPSA) is 72.2 Å². The highest BCUT2D eigenvalue weighted by molar-refractivity contribution is 5.87. The molecule has 7 heteroatoms. The van der Waals surface area contributed by atoms with Gasteiger partial charge in [0, 0.05) is 18.0 Å². The number of hydrogen-bond acceptors (Lipinski definition) is 5. The van der Waals surface area contributed by atoms with Crippen LogP contribution in [0.1, 0.15) is 45.9 Å². The minimum atomic E-state index is -0.559. The zero-order valence-electron chi connectivity index (χ0n) is 20.3. The molecule has 0 aliphatic rings. The molecule has 32 heavy (non-hydrogen) atoms. The van der Waals surface area contributed by atoms with E-state index in [1.807, 2.05) is 58.9 Å². The monoisotopic (exact) mass is 444 g/mol. The van der Waals surface area contributed by atoms with Crippen LogP contribution in [-0.2, 0) is 22.6 Å². The van der Waals surface area contributed by atoms with Crippen molar-refractivity contribution in [2.75, 3.05) is 27.3 Å². The fourth-order valence-corrected chi connectivity index (χ4v) is 3.35. The maximum absolute atomic E-state index is 13.3. The lowest BCUT2D eigenvalue weighted by molar-refractivity contribution is -0.147. The first-order chi connectivity index (χ1) is 15.1. The highest BCUT2D eigenvalue weighted by Gasteiger charge is 2.31. The highest BCUT2D eigenvalue weighted by Crippen LogP contribution is 2.28. The van der Waals surface area contributed by atoms with Crippen LogP contribution in [0.15, 0.2) is 41.0 Å². The smallest absolute Gasteiger partial charge is 0.242 e. The molecule has 176 valence electrons. The summed E-state index contributed by atoms with van der Waals surface area (Å²) in [5.41, 5.74) is 0.460. The quantitative estimate of drug-likeness (QED) is 0.550. The number of benzene rings is 1. The van der Waals surface area contributed by atoms with Crippen molar-refractivity contribution in [1.82, 2.24) is 9.80 Å². The lowest BCUT2D eigenvalue weighted by Gasteiger charge is -2.34. The molecule has 0 unspecified atom stereocenters. The number of ether oxygens (including phenoxy) is 2. The molecular weight excluding hydrogens is 408 g/mol. The van der Waals surface area contributed by atoms with E-state index in [0.29, 0.717) is 36.8 Å². The van der Waals surface area contributed by atoms with E-state index >= 15 is 0 Å². The fraction of sp³-hybridized carbons (Fsp3) is 0.520. The maximum atomic E-state index is 13.3. The van der Waals surface area contributed by atoms with Crippen LogP contribution in [0.2, 0.25) is 0 Å². The second kappa shape index (κ2) is 11.1. The predicted octanol–water partition coefficient (Wildman–Crippen LogP) is 4.15. The van der Waals surface area contributed by atoms with Gasteiger partial charge in [0.25, 0.3) is 0 Å². The van der Waals surface area contributed by atoms with E-state index in [0.717, 1.165) is 5.56 Å². The molecular formula is C25H36N2O5. The van der Waals surface area contributed by atoms with Crippen molar-refractivity contribution in [1.29, 1.82) is 0 Å². The van der Waals surface area contributed by atoms with Crippen LogP contribution in [0.3, 0.4) is 0 Å². The van der Waals surface area contributed by atoms with Gasteiger partial charge in [-0.25, -0.2) is 0 Å². The summed E-state index contributed by atoms with van der Waals surface area (Å²) in [7, 11) is 3.20. The van der Waals surface area contributed by atoms with Gasteiger partial charge in [-0.3, -0.25) is 9.59 Å². The third kappa shape index (κ3) is 6.77. The summed E-state index contributed by atoms with van der Waals surface area (Å²) < 4.78 is 16.2. The van der Waals surface area contributed by atoms with E-state index in [9.17, 15) is 9.59 Å². The molecule has 2 amide bonds. The van der Waals surface area contributed by atoms with Gasteiger partial charge in [0.05, 0.1) is 27.0 Å². The van der Waals surface area contributed by atoms with Gasteiger partial charge in [0.2, 0.25) is 11.8 Å². The fourth-order valence-electron chi connectivity index (χ4n) is 3.35. The molecule has 0 bridgehead atoms. The number of amides is 2. The summed E-state index contributed by atoms with van der Waals surface area (Å²) in [5.74, 6) is 1.85. The van der Waals surface area contributed by atoms with Crippen molar-refractivity contribution in [3.63, 3.8) is 0 Å². The average Bonchev–Trinajstić information content (AvgIpc) is 3.26. The van der Waals surface area contributed by atoms with Crippen LogP contribution in [0, 0.1) is 5.41 Å². The van der Waals surface area contributed by atoms with E-state index in [2.05, 4.69) is 0 Å². The van der Waals surface area contributed by atoms with Gasteiger partial charge < -0.3 is 23.7 Å².